The highest BCUT2D eigenvalue weighted by molar-refractivity contribution is 7.89. The van der Waals surface area contributed by atoms with E-state index in [9.17, 15) is 8.42 Å². The number of nitrogens with one attached hydrogen (secondary N) is 2. The maximum absolute atomic E-state index is 12.5. The van der Waals surface area contributed by atoms with Gasteiger partial charge in [0.15, 0.2) is 0 Å². The Morgan fingerprint density at radius 1 is 1.14 bits per heavy atom. The summed E-state index contributed by atoms with van der Waals surface area (Å²) in [5, 5.41) is 11.3. The molecular formula is C18H17ClN4O4S. The third kappa shape index (κ3) is 4.26. The highest BCUT2D eigenvalue weighted by Crippen LogP contribution is 2.28. The summed E-state index contributed by atoms with van der Waals surface area (Å²) >= 11 is 5.90. The molecule has 2 aromatic carbocycles. The number of hydrogen-bond acceptors (Lipinski definition) is 6. The van der Waals surface area contributed by atoms with E-state index in [1.54, 1.807) is 12.1 Å². The highest BCUT2D eigenvalue weighted by atomic mass is 35.5. The van der Waals surface area contributed by atoms with Crippen molar-refractivity contribution in [3.63, 3.8) is 0 Å². The SMILES string of the molecule is COc1ccc(S(=O)(=O)N/N=C/c2cn[nH]c2-c2ccc(Cl)cc2)c(OC)c1. The lowest BCUT2D eigenvalue weighted by Gasteiger charge is -2.10. The maximum atomic E-state index is 12.5. The van der Waals surface area contributed by atoms with E-state index in [0.29, 0.717) is 22.0 Å². The summed E-state index contributed by atoms with van der Waals surface area (Å²) in [5.74, 6) is 0.623. The third-order valence-corrected chi connectivity index (χ3v) is 5.35. The van der Waals surface area contributed by atoms with Gasteiger partial charge < -0.3 is 9.47 Å². The summed E-state index contributed by atoms with van der Waals surface area (Å²) in [7, 11) is -1.08. The van der Waals surface area contributed by atoms with Gasteiger partial charge in [-0.3, -0.25) is 5.10 Å². The molecule has 3 aromatic rings. The van der Waals surface area contributed by atoms with Crippen molar-refractivity contribution in [3.05, 3.63) is 59.2 Å². The second-order valence-corrected chi connectivity index (χ2v) is 7.64. The highest BCUT2D eigenvalue weighted by Gasteiger charge is 2.19. The molecule has 8 nitrogen and oxygen atoms in total. The summed E-state index contributed by atoms with van der Waals surface area (Å²) in [4.78, 5) is 2.11. The first-order valence-electron chi connectivity index (χ1n) is 8.01. The number of hydrazone groups is 1. The Kier molecular flexibility index (Phi) is 5.86. The van der Waals surface area contributed by atoms with Crippen molar-refractivity contribution in [2.24, 2.45) is 5.10 Å². The molecule has 0 saturated heterocycles. The third-order valence-electron chi connectivity index (χ3n) is 3.84. The molecule has 0 radical (unpaired) electrons. The second-order valence-electron chi connectivity index (χ2n) is 5.58. The van der Waals surface area contributed by atoms with Gasteiger partial charge in [0.2, 0.25) is 0 Å². The fraction of sp³-hybridized carbons (Fsp3) is 0.111. The molecule has 0 spiro atoms. The van der Waals surface area contributed by atoms with Crippen molar-refractivity contribution in [1.82, 2.24) is 15.0 Å². The van der Waals surface area contributed by atoms with E-state index in [4.69, 9.17) is 21.1 Å². The van der Waals surface area contributed by atoms with E-state index in [1.807, 2.05) is 12.1 Å². The number of H-pyrrole nitrogens is 1. The van der Waals surface area contributed by atoms with Crippen LogP contribution in [0.5, 0.6) is 11.5 Å². The van der Waals surface area contributed by atoms with Gasteiger partial charge in [0.25, 0.3) is 10.0 Å². The molecule has 28 heavy (non-hydrogen) atoms. The molecule has 0 saturated carbocycles. The van der Waals surface area contributed by atoms with Crippen LogP contribution in [0.4, 0.5) is 0 Å². The average Bonchev–Trinajstić information content (AvgIpc) is 3.16. The van der Waals surface area contributed by atoms with Crippen molar-refractivity contribution in [2.75, 3.05) is 14.2 Å². The van der Waals surface area contributed by atoms with Gasteiger partial charge in [-0.2, -0.15) is 23.4 Å². The number of aromatic nitrogens is 2. The van der Waals surface area contributed by atoms with Crippen LogP contribution in [0.1, 0.15) is 5.56 Å². The van der Waals surface area contributed by atoms with Crippen LogP contribution in [0.3, 0.4) is 0 Å². The molecule has 0 bridgehead atoms. The Morgan fingerprint density at radius 2 is 1.89 bits per heavy atom. The molecule has 0 fully saturated rings. The Labute approximate surface area is 167 Å². The summed E-state index contributed by atoms with van der Waals surface area (Å²) in [6.45, 7) is 0. The number of aromatic amines is 1. The number of halogens is 1. The monoisotopic (exact) mass is 420 g/mol. The number of methoxy groups -OCH3 is 2. The summed E-state index contributed by atoms with van der Waals surface area (Å²) in [5.41, 5.74) is 2.12. The number of nitrogens with zero attached hydrogens (tertiary/aromatic N) is 2. The predicted octanol–water partition coefficient (Wildman–Crippen LogP) is 3.06. The van der Waals surface area contributed by atoms with Gasteiger partial charge in [-0.15, -0.1) is 0 Å². The first-order chi connectivity index (χ1) is 13.4. The van der Waals surface area contributed by atoms with Crippen molar-refractivity contribution in [1.29, 1.82) is 0 Å². The van der Waals surface area contributed by atoms with Crippen molar-refractivity contribution < 1.29 is 17.9 Å². The minimum Gasteiger partial charge on any atom is -0.497 e. The standard InChI is InChI=1S/C18H17ClN4O4S/c1-26-15-7-8-17(16(9-15)27-2)28(24,25)23-21-11-13-10-20-22-18(13)12-3-5-14(19)6-4-12/h3-11,23H,1-2H3,(H,20,22)/b21-11+. The minimum absolute atomic E-state index is 0.0573. The fourth-order valence-electron chi connectivity index (χ4n) is 2.45. The topological polar surface area (TPSA) is 106 Å². The fourth-order valence-corrected chi connectivity index (χ4v) is 3.52. The van der Waals surface area contributed by atoms with Gasteiger partial charge >= 0.3 is 0 Å². The summed E-state index contributed by atoms with van der Waals surface area (Å²) < 4.78 is 35.3. The lowest BCUT2D eigenvalue weighted by molar-refractivity contribution is 0.386. The van der Waals surface area contributed by atoms with Gasteiger partial charge in [-0.25, -0.2) is 0 Å². The van der Waals surface area contributed by atoms with Gasteiger partial charge in [-0.1, -0.05) is 23.7 Å². The first-order valence-corrected chi connectivity index (χ1v) is 9.87. The average molecular weight is 421 g/mol. The number of ether oxygens (including phenoxy) is 2. The Hall–Kier alpha value is -3.04. The molecule has 3 rings (SSSR count). The number of rotatable bonds is 7. The number of hydrogen-bond donors (Lipinski definition) is 2. The van der Waals surface area contributed by atoms with Crippen LogP contribution in [-0.2, 0) is 10.0 Å². The van der Waals surface area contributed by atoms with Gasteiger partial charge in [-0.05, 0) is 24.3 Å². The molecule has 1 heterocycles. The van der Waals surface area contributed by atoms with Gasteiger partial charge in [0.05, 0.1) is 32.3 Å². The Morgan fingerprint density at radius 3 is 2.57 bits per heavy atom. The number of benzene rings is 2. The molecule has 0 aliphatic heterocycles. The van der Waals surface area contributed by atoms with Crippen molar-refractivity contribution in [2.45, 2.75) is 4.90 Å². The summed E-state index contributed by atoms with van der Waals surface area (Å²) in [6.07, 6.45) is 2.90. The quantitative estimate of drug-likeness (QED) is 0.451. The van der Waals surface area contributed by atoms with Crippen LogP contribution < -0.4 is 14.3 Å². The molecule has 0 aliphatic rings. The van der Waals surface area contributed by atoms with Crippen LogP contribution in [-0.4, -0.2) is 39.0 Å². The first kappa shape index (κ1) is 19.7. The van der Waals surface area contributed by atoms with Gasteiger partial charge in [0.1, 0.15) is 16.4 Å². The van der Waals surface area contributed by atoms with Crippen LogP contribution >= 0.6 is 11.6 Å². The molecule has 0 amide bonds. The summed E-state index contributed by atoms with van der Waals surface area (Å²) in [6, 6.07) is 11.5. The zero-order chi connectivity index (χ0) is 20.1. The molecule has 0 unspecified atom stereocenters. The van der Waals surface area contributed by atoms with Crippen LogP contribution in [0, 0.1) is 0 Å². The molecule has 0 aliphatic carbocycles. The molecular weight excluding hydrogens is 404 g/mol. The minimum atomic E-state index is -3.94. The molecule has 0 atom stereocenters. The van der Waals surface area contributed by atoms with E-state index < -0.39 is 10.0 Å². The Balaban J connectivity index is 1.82. The van der Waals surface area contributed by atoms with E-state index >= 15 is 0 Å². The molecule has 10 heteroatoms. The lowest BCUT2D eigenvalue weighted by atomic mass is 10.1. The van der Waals surface area contributed by atoms with Crippen molar-refractivity contribution >= 4 is 27.8 Å². The largest absolute Gasteiger partial charge is 0.497 e. The Bertz CT molecular complexity index is 1100. The second kappa shape index (κ2) is 8.32. The van der Waals surface area contributed by atoms with E-state index in [2.05, 4.69) is 20.1 Å². The smallest absolute Gasteiger partial charge is 0.280 e. The van der Waals surface area contributed by atoms with Crippen molar-refractivity contribution in [3.8, 4) is 22.8 Å². The number of sulfonamides is 1. The van der Waals surface area contributed by atoms with E-state index in [1.165, 1.54) is 44.8 Å². The molecule has 146 valence electrons. The molecule has 2 N–H and O–H groups in total. The van der Waals surface area contributed by atoms with E-state index in [0.717, 1.165) is 5.56 Å². The zero-order valence-electron chi connectivity index (χ0n) is 15.0. The van der Waals surface area contributed by atoms with Crippen LogP contribution in [0.15, 0.2) is 58.7 Å². The van der Waals surface area contributed by atoms with E-state index in [-0.39, 0.29) is 10.6 Å². The molecule has 1 aromatic heterocycles. The van der Waals surface area contributed by atoms with Gasteiger partial charge in [0, 0.05) is 22.2 Å². The maximum Gasteiger partial charge on any atom is 0.280 e. The van der Waals surface area contributed by atoms with Crippen LogP contribution in [0.25, 0.3) is 11.3 Å². The zero-order valence-corrected chi connectivity index (χ0v) is 16.6. The lowest BCUT2D eigenvalue weighted by Crippen LogP contribution is -2.19. The predicted molar refractivity (Wildman–Crippen MR) is 106 cm³/mol. The normalized spacial score (nSPS) is 11.5. The van der Waals surface area contributed by atoms with Crippen LogP contribution in [0.2, 0.25) is 5.02 Å².